The second-order valence-electron chi connectivity index (χ2n) is 4.00. The van der Waals surface area contributed by atoms with Gasteiger partial charge in [-0.05, 0) is 42.3 Å². The molecule has 0 saturated heterocycles. The molecule has 2 aromatic rings. The summed E-state index contributed by atoms with van der Waals surface area (Å²) in [7, 11) is 1.57. The van der Waals surface area contributed by atoms with E-state index in [1.165, 1.54) is 18.3 Å². The van der Waals surface area contributed by atoms with E-state index in [9.17, 15) is 9.50 Å². The van der Waals surface area contributed by atoms with E-state index >= 15 is 0 Å². The van der Waals surface area contributed by atoms with Crippen LogP contribution in [0.4, 0.5) is 4.39 Å². The van der Waals surface area contributed by atoms with Gasteiger partial charge in [-0.3, -0.25) is 4.98 Å². The minimum atomic E-state index is -1.07. The van der Waals surface area contributed by atoms with Gasteiger partial charge in [-0.15, -0.1) is 0 Å². The first-order valence-electron chi connectivity index (χ1n) is 5.56. The zero-order chi connectivity index (χ0) is 13.1. The van der Waals surface area contributed by atoms with E-state index in [0.29, 0.717) is 11.3 Å². The van der Waals surface area contributed by atoms with Crippen LogP contribution in [-0.4, -0.2) is 17.2 Å². The van der Waals surface area contributed by atoms with E-state index in [-0.39, 0.29) is 5.69 Å². The molecule has 0 amide bonds. The third-order valence-corrected chi connectivity index (χ3v) is 2.82. The number of aromatic nitrogens is 1. The molecule has 4 heteroatoms. The van der Waals surface area contributed by atoms with Crippen LogP contribution in [0.15, 0.2) is 36.5 Å². The van der Waals surface area contributed by atoms with Gasteiger partial charge in [0.2, 0.25) is 0 Å². The molecule has 0 fully saturated rings. The lowest BCUT2D eigenvalue weighted by Crippen LogP contribution is -2.06. The molecular formula is C14H14FNO2. The third-order valence-electron chi connectivity index (χ3n) is 2.82. The van der Waals surface area contributed by atoms with Gasteiger partial charge < -0.3 is 9.84 Å². The van der Waals surface area contributed by atoms with E-state index < -0.39 is 11.9 Å². The van der Waals surface area contributed by atoms with Gasteiger partial charge in [-0.2, -0.15) is 0 Å². The molecule has 0 radical (unpaired) electrons. The summed E-state index contributed by atoms with van der Waals surface area (Å²) in [4.78, 5) is 3.88. The van der Waals surface area contributed by atoms with Gasteiger partial charge in [0, 0.05) is 6.20 Å². The van der Waals surface area contributed by atoms with Crippen LogP contribution in [0.5, 0.6) is 5.75 Å². The van der Waals surface area contributed by atoms with Crippen molar-refractivity contribution < 1.29 is 14.2 Å². The molecular weight excluding hydrogens is 233 g/mol. The van der Waals surface area contributed by atoms with Crippen LogP contribution in [0.25, 0.3) is 0 Å². The largest absolute Gasteiger partial charge is 0.497 e. The molecule has 1 unspecified atom stereocenters. The SMILES string of the molecule is COc1ccc(C(O)c2ncccc2F)c(C)c1. The van der Waals surface area contributed by atoms with Crippen LogP contribution >= 0.6 is 0 Å². The summed E-state index contributed by atoms with van der Waals surface area (Å²) in [5.41, 5.74) is 1.48. The van der Waals surface area contributed by atoms with E-state index in [0.717, 1.165) is 5.56 Å². The van der Waals surface area contributed by atoms with Crippen molar-refractivity contribution in [1.29, 1.82) is 0 Å². The van der Waals surface area contributed by atoms with Gasteiger partial charge in [0.15, 0.2) is 0 Å². The van der Waals surface area contributed by atoms with E-state index in [4.69, 9.17) is 4.74 Å². The third kappa shape index (κ3) is 2.33. The molecule has 0 bridgehead atoms. The molecule has 1 N–H and O–H groups in total. The molecule has 3 nitrogen and oxygen atoms in total. The first-order chi connectivity index (χ1) is 8.63. The van der Waals surface area contributed by atoms with Crippen molar-refractivity contribution in [3.8, 4) is 5.75 Å². The van der Waals surface area contributed by atoms with Gasteiger partial charge in [-0.1, -0.05) is 6.07 Å². The highest BCUT2D eigenvalue weighted by atomic mass is 19.1. The van der Waals surface area contributed by atoms with Gasteiger partial charge in [-0.25, -0.2) is 4.39 Å². The Bertz CT molecular complexity index is 557. The minimum absolute atomic E-state index is 0.0331. The smallest absolute Gasteiger partial charge is 0.147 e. The van der Waals surface area contributed by atoms with Crippen molar-refractivity contribution in [3.05, 3.63) is 59.2 Å². The summed E-state index contributed by atoms with van der Waals surface area (Å²) >= 11 is 0. The number of nitrogens with zero attached hydrogens (tertiary/aromatic N) is 1. The van der Waals surface area contributed by atoms with Gasteiger partial charge >= 0.3 is 0 Å². The molecule has 18 heavy (non-hydrogen) atoms. The molecule has 0 saturated carbocycles. The fourth-order valence-corrected chi connectivity index (χ4v) is 1.83. The summed E-state index contributed by atoms with van der Waals surface area (Å²) in [5, 5.41) is 10.2. The maximum Gasteiger partial charge on any atom is 0.147 e. The Balaban J connectivity index is 2.40. The number of pyridine rings is 1. The van der Waals surface area contributed by atoms with Crippen molar-refractivity contribution in [2.24, 2.45) is 0 Å². The van der Waals surface area contributed by atoms with E-state index in [2.05, 4.69) is 4.98 Å². The number of halogens is 1. The summed E-state index contributed by atoms with van der Waals surface area (Å²) in [6.45, 7) is 1.84. The molecule has 0 aliphatic carbocycles. The highest BCUT2D eigenvalue weighted by molar-refractivity contribution is 5.38. The molecule has 1 aromatic heterocycles. The van der Waals surface area contributed by atoms with Crippen molar-refractivity contribution in [2.45, 2.75) is 13.0 Å². The van der Waals surface area contributed by atoms with Crippen molar-refractivity contribution in [1.82, 2.24) is 4.98 Å². The van der Waals surface area contributed by atoms with Crippen molar-refractivity contribution in [3.63, 3.8) is 0 Å². The van der Waals surface area contributed by atoms with Crippen molar-refractivity contribution in [2.75, 3.05) is 7.11 Å². The minimum Gasteiger partial charge on any atom is -0.497 e. The number of rotatable bonds is 3. The van der Waals surface area contributed by atoms with Gasteiger partial charge in [0.05, 0.1) is 7.11 Å². The molecule has 0 aliphatic heterocycles. The van der Waals surface area contributed by atoms with Crippen LogP contribution in [0, 0.1) is 12.7 Å². The van der Waals surface area contributed by atoms with Gasteiger partial charge in [0.25, 0.3) is 0 Å². The standard InChI is InChI=1S/C14H14FNO2/c1-9-8-10(18-2)5-6-11(9)14(17)13-12(15)4-3-7-16-13/h3-8,14,17H,1-2H3. The predicted molar refractivity (Wildman–Crippen MR) is 66.0 cm³/mol. The fraction of sp³-hybridized carbons (Fsp3) is 0.214. The number of benzene rings is 1. The number of hydrogen-bond acceptors (Lipinski definition) is 3. The lowest BCUT2D eigenvalue weighted by molar-refractivity contribution is 0.208. The number of methoxy groups -OCH3 is 1. The number of aryl methyl sites for hydroxylation is 1. The van der Waals surface area contributed by atoms with Crippen LogP contribution in [0.2, 0.25) is 0 Å². The Labute approximate surface area is 105 Å². The Morgan fingerprint density at radius 1 is 1.33 bits per heavy atom. The van der Waals surface area contributed by atoms with E-state index in [1.807, 2.05) is 6.92 Å². The Hall–Kier alpha value is -1.94. The summed E-state index contributed by atoms with van der Waals surface area (Å²) in [6, 6.07) is 8.01. The van der Waals surface area contributed by atoms with Crippen LogP contribution in [0.1, 0.15) is 22.9 Å². The number of aliphatic hydroxyl groups excluding tert-OH is 1. The molecule has 1 aromatic carbocycles. The fourth-order valence-electron chi connectivity index (χ4n) is 1.83. The van der Waals surface area contributed by atoms with Crippen LogP contribution in [0.3, 0.4) is 0 Å². The predicted octanol–water partition coefficient (Wildman–Crippen LogP) is 2.62. The van der Waals surface area contributed by atoms with Crippen LogP contribution < -0.4 is 4.74 Å². The highest BCUT2D eigenvalue weighted by Gasteiger charge is 2.18. The lowest BCUT2D eigenvalue weighted by atomic mass is 10.0. The number of ether oxygens (including phenoxy) is 1. The summed E-state index contributed by atoms with van der Waals surface area (Å²) in [5.74, 6) is 0.185. The first kappa shape index (κ1) is 12.5. The average molecular weight is 247 g/mol. The number of aliphatic hydroxyl groups is 1. The lowest BCUT2D eigenvalue weighted by Gasteiger charge is -2.14. The second-order valence-corrected chi connectivity index (χ2v) is 4.00. The van der Waals surface area contributed by atoms with Gasteiger partial charge in [0.1, 0.15) is 23.4 Å². The topological polar surface area (TPSA) is 42.4 Å². The molecule has 2 rings (SSSR count). The molecule has 94 valence electrons. The molecule has 0 spiro atoms. The summed E-state index contributed by atoms with van der Waals surface area (Å²) in [6.07, 6.45) is 0.387. The molecule has 0 aliphatic rings. The first-order valence-corrected chi connectivity index (χ1v) is 5.56. The second kappa shape index (κ2) is 5.14. The normalized spacial score (nSPS) is 12.2. The van der Waals surface area contributed by atoms with Crippen LogP contribution in [-0.2, 0) is 0 Å². The quantitative estimate of drug-likeness (QED) is 0.906. The molecule has 1 atom stereocenters. The molecule has 1 heterocycles. The Morgan fingerprint density at radius 3 is 2.72 bits per heavy atom. The van der Waals surface area contributed by atoms with E-state index in [1.54, 1.807) is 25.3 Å². The number of hydrogen-bond donors (Lipinski definition) is 1. The Morgan fingerprint density at radius 2 is 2.11 bits per heavy atom. The average Bonchev–Trinajstić information content (AvgIpc) is 2.38. The maximum absolute atomic E-state index is 13.6. The highest BCUT2D eigenvalue weighted by Crippen LogP contribution is 2.27. The van der Waals surface area contributed by atoms with Crippen molar-refractivity contribution >= 4 is 0 Å². The summed E-state index contributed by atoms with van der Waals surface area (Å²) < 4.78 is 18.6. The Kier molecular flexibility index (Phi) is 3.58. The zero-order valence-corrected chi connectivity index (χ0v) is 10.2. The maximum atomic E-state index is 13.6. The zero-order valence-electron chi connectivity index (χ0n) is 10.2. The monoisotopic (exact) mass is 247 g/mol.